The average molecular weight is 268 g/mol. The summed E-state index contributed by atoms with van der Waals surface area (Å²) in [4.78, 5) is 0. The van der Waals surface area contributed by atoms with Crippen LogP contribution in [-0.2, 0) is 0 Å². The van der Waals surface area contributed by atoms with E-state index in [9.17, 15) is 0 Å². The van der Waals surface area contributed by atoms with Gasteiger partial charge in [-0.3, -0.25) is 0 Å². The van der Waals surface area contributed by atoms with Crippen LogP contribution in [0.4, 0.5) is 0 Å². The maximum Gasteiger partial charge on any atom is 0.00417 e. The van der Waals surface area contributed by atoms with E-state index in [4.69, 9.17) is 5.73 Å². The lowest BCUT2D eigenvalue weighted by molar-refractivity contribution is 0.532. The van der Waals surface area contributed by atoms with Gasteiger partial charge in [-0.05, 0) is 32.1 Å². The predicted octanol–water partition coefficient (Wildman–Crippen LogP) is 5.98. The van der Waals surface area contributed by atoms with Crippen molar-refractivity contribution in [3.05, 3.63) is 12.2 Å². The van der Waals surface area contributed by atoms with Crippen LogP contribution in [0.15, 0.2) is 12.2 Å². The average Bonchev–Trinajstić information content (AvgIpc) is 2.41. The normalized spacial score (nSPS) is 13.2. The first-order chi connectivity index (χ1) is 9.31. The summed E-state index contributed by atoms with van der Waals surface area (Å²) in [6, 6.07) is 0.422. The molecule has 1 unspecified atom stereocenters. The Morgan fingerprint density at radius 1 is 0.684 bits per heavy atom. The van der Waals surface area contributed by atoms with Gasteiger partial charge in [-0.1, -0.05) is 77.4 Å². The number of hydrogen-bond acceptors (Lipinski definition) is 1. The maximum atomic E-state index is 6.09. The highest BCUT2D eigenvalue weighted by Gasteiger charge is 1.99. The monoisotopic (exact) mass is 267 g/mol. The molecule has 0 spiro atoms. The number of nitrogens with two attached hydrogens (primary N) is 1. The van der Waals surface area contributed by atoms with E-state index < -0.39 is 0 Å². The highest BCUT2D eigenvalue weighted by Crippen LogP contribution is 2.09. The van der Waals surface area contributed by atoms with Crippen LogP contribution in [-0.4, -0.2) is 6.04 Å². The molecule has 0 fully saturated rings. The maximum absolute atomic E-state index is 6.09. The van der Waals surface area contributed by atoms with Gasteiger partial charge in [0.2, 0.25) is 0 Å². The zero-order valence-electron chi connectivity index (χ0n) is 13.5. The second-order valence-corrected chi connectivity index (χ2v) is 5.86. The van der Waals surface area contributed by atoms with Gasteiger partial charge in [-0.2, -0.15) is 0 Å². The topological polar surface area (TPSA) is 26.0 Å². The third kappa shape index (κ3) is 15.6. The predicted molar refractivity (Wildman–Crippen MR) is 88.5 cm³/mol. The minimum Gasteiger partial charge on any atom is -0.328 e. The number of rotatable bonds is 14. The van der Waals surface area contributed by atoms with Crippen LogP contribution in [0.3, 0.4) is 0 Å². The third-order valence-electron chi connectivity index (χ3n) is 3.77. The summed E-state index contributed by atoms with van der Waals surface area (Å²) in [5, 5.41) is 0. The SMILES string of the molecule is CCCCCCCCC=CCCC(N)CCCCC. The Labute approximate surface area is 122 Å². The van der Waals surface area contributed by atoms with Gasteiger partial charge in [0.15, 0.2) is 0 Å². The summed E-state index contributed by atoms with van der Waals surface area (Å²) >= 11 is 0. The second kappa shape index (κ2) is 15.8. The van der Waals surface area contributed by atoms with Crippen molar-refractivity contribution < 1.29 is 0 Å². The molecule has 1 atom stereocenters. The molecule has 0 heterocycles. The van der Waals surface area contributed by atoms with Gasteiger partial charge < -0.3 is 5.73 Å². The van der Waals surface area contributed by atoms with E-state index in [0.717, 1.165) is 6.42 Å². The van der Waals surface area contributed by atoms with Crippen LogP contribution in [0.2, 0.25) is 0 Å². The highest BCUT2D eigenvalue weighted by molar-refractivity contribution is 4.82. The largest absolute Gasteiger partial charge is 0.328 e. The zero-order chi connectivity index (χ0) is 14.2. The lowest BCUT2D eigenvalue weighted by atomic mass is 10.0. The van der Waals surface area contributed by atoms with E-state index in [1.54, 1.807) is 0 Å². The molecular weight excluding hydrogens is 230 g/mol. The number of allylic oxidation sites excluding steroid dienone is 2. The van der Waals surface area contributed by atoms with Crippen LogP contribution < -0.4 is 5.73 Å². The van der Waals surface area contributed by atoms with Crippen molar-refractivity contribution in [3.63, 3.8) is 0 Å². The van der Waals surface area contributed by atoms with Gasteiger partial charge in [0.1, 0.15) is 0 Å². The fourth-order valence-corrected chi connectivity index (χ4v) is 2.39. The Balaban J connectivity index is 3.20. The Morgan fingerprint density at radius 2 is 1.26 bits per heavy atom. The van der Waals surface area contributed by atoms with E-state index in [1.165, 1.54) is 77.0 Å². The lowest BCUT2D eigenvalue weighted by Gasteiger charge is -2.08. The van der Waals surface area contributed by atoms with Crippen LogP contribution in [0.5, 0.6) is 0 Å². The molecule has 0 saturated carbocycles. The molecule has 0 amide bonds. The van der Waals surface area contributed by atoms with Gasteiger partial charge in [0, 0.05) is 6.04 Å². The molecule has 0 aromatic carbocycles. The first kappa shape index (κ1) is 18.7. The Kier molecular flexibility index (Phi) is 15.5. The first-order valence-electron chi connectivity index (χ1n) is 8.71. The Morgan fingerprint density at radius 3 is 2.00 bits per heavy atom. The number of unbranched alkanes of at least 4 members (excludes halogenated alkanes) is 8. The summed E-state index contributed by atoms with van der Waals surface area (Å²) in [6.07, 6.45) is 21.8. The fraction of sp³-hybridized carbons (Fsp3) is 0.889. The van der Waals surface area contributed by atoms with Crippen molar-refractivity contribution >= 4 is 0 Å². The molecule has 114 valence electrons. The van der Waals surface area contributed by atoms with Crippen molar-refractivity contribution in [2.45, 2.75) is 103 Å². The summed E-state index contributed by atoms with van der Waals surface area (Å²) in [5.74, 6) is 0. The fourth-order valence-electron chi connectivity index (χ4n) is 2.39. The standard InChI is InChI=1S/C18H37N/c1-3-5-7-8-9-10-11-12-13-15-17-18(19)16-14-6-4-2/h12-13,18H,3-11,14-17,19H2,1-2H3. The van der Waals surface area contributed by atoms with E-state index >= 15 is 0 Å². The molecule has 1 heteroatoms. The quantitative estimate of drug-likeness (QED) is 0.304. The minimum atomic E-state index is 0.422. The van der Waals surface area contributed by atoms with E-state index in [0.29, 0.717) is 6.04 Å². The Hall–Kier alpha value is -0.300. The van der Waals surface area contributed by atoms with Crippen molar-refractivity contribution in [1.29, 1.82) is 0 Å². The zero-order valence-corrected chi connectivity index (χ0v) is 13.5. The van der Waals surface area contributed by atoms with Crippen molar-refractivity contribution in [2.75, 3.05) is 0 Å². The number of hydrogen-bond donors (Lipinski definition) is 1. The summed E-state index contributed by atoms with van der Waals surface area (Å²) in [6.45, 7) is 4.52. The van der Waals surface area contributed by atoms with Crippen molar-refractivity contribution in [3.8, 4) is 0 Å². The molecular formula is C18H37N. The first-order valence-corrected chi connectivity index (χ1v) is 8.71. The molecule has 0 aromatic rings. The molecule has 0 saturated heterocycles. The molecule has 0 aliphatic carbocycles. The van der Waals surface area contributed by atoms with Gasteiger partial charge in [-0.15, -0.1) is 0 Å². The van der Waals surface area contributed by atoms with Gasteiger partial charge in [0.05, 0.1) is 0 Å². The molecule has 0 aliphatic heterocycles. The van der Waals surface area contributed by atoms with Crippen LogP contribution in [0.25, 0.3) is 0 Å². The van der Waals surface area contributed by atoms with Crippen LogP contribution >= 0.6 is 0 Å². The molecule has 0 aromatic heterocycles. The molecule has 2 N–H and O–H groups in total. The van der Waals surface area contributed by atoms with Gasteiger partial charge in [0.25, 0.3) is 0 Å². The third-order valence-corrected chi connectivity index (χ3v) is 3.77. The van der Waals surface area contributed by atoms with E-state index in [2.05, 4.69) is 26.0 Å². The molecule has 19 heavy (non-hydrogen) atoms. The second-order valence-electron chi connectivity index (χ2n) is 5.86. The molecule has 0 bridgehead atoms. The molecule has 1 nitrogen and oxygen atoms in total. The van der Waals surface area contributed by atoms with Gasteiger partial charge >= 0.3 is 0 Å². The summed E-state index contributed by atoms with van der Waals surface area (Å²) in [5.41, 5.74) is 6.09. The Bertz CT molecular complexity index is 186. The smallest absolute Gasteiger partial charge is 0.00417 e. The minimum absolute atomic E-state index is 0.422. The summed E-state index contributed by atoms with van der Waals surface area (Å²) < 4.78 is 0. The lowest BCUT2D eigenvalue weighted by Crippen LogP contribution is -2.19. The van der Waals surface area contributed by atoms with Crippen molar-refractivity contribution in [1.82, 2.24) is 0 Å². The van der Waals surface area contributed by atoms with E-state index in [-0.39, 0.29) is 0 Å². The van der Waals surface area contributed by atoms with Crippen molar-refractivity contribution in [2.24, 2.45) is 5.73 Å². The van der Waals surface area contributed by atoms with Gasteiger partial charge in [-0.25, -0.2) is 0 Å². The molecule has 0 aliphatic rings. The summed E-state index contributed by atoms with van der Waals surface area (Å²) in [7, 11) is 0. The van der Waals surface area contributed by atoms with Crippen LogP contribution in [0.1, 0.15) is 97.3 Å². The van der Waals surface area contributed by atoms with Crippen LogP contribution in [0, 0.1) is 0 Å². The van der Waals surface area contributed by atoms with E-state index in [1.807, 2.05) is 0 Å². The molecule has 0 rings (SSSR count). The molecule has 0 radical (unpaired) electrons. The highest BCUT2D eigenvalue weighted by atomic mass is 14.6.